The molecule has 0 fully saturated rings. The second-order valence-electron chi connectivity index (χ2n) is 10.7. The molecule has 1 aliphatic carbocycles. The predicted molar refractivity (Wildman–Crippen MR) is 179 cm³/mol. The van der Waals surface area contributed by atoms with E-state index in [0.717, 1.165) is 24.8 Å². The van der Waals surface area contributed by atoms with E-state index in [2.05, 4.69) is 74.2 Å². The highest BCUT2D eigenvalue weighted by Crippen LogP contribution is 2.22. The van der Waals surface area contributed by atoms with Gasteiger partial charge in [-0.3, -0.25) is 4.79 Å². The number of hydrogen-bond donors (Lipinski definition) is 6. The Morgan fingerprint density at radius 1 is 0.795 bits per heavy atom. The minimum Gasteiger partial charge on any atom is -0.397 e. The largest absolute Gasteiger partial charge is 0.397 e. The Bertz CT molecular complexity index is 1620. The Morgan fingerprint density at radius 3 is 2.16 bits per heavy atom. The van der Waals surface area contributed by atoms with Gasteiger partial charge in [-0.2, -0.15) is 9.98 Å². The molecule has 4 aromatic rings. The fourth-order valence-corrected chi connectivity index (χ4v) is 5.02. The Morgan fingerprint density at radius 2 is 1.45 bits per heavy atom. The maximum absolute atomic E-state index is 12.7. The van der Waals surface area contributed by atoms with Gasteiger partial charge >= 0.3 is 0 Å². The third kappa shape index (κ3) is 8.48. The Kier molecular flexibility index (Phi) is 9.89. The van der Waals surface area contributed by atoms with Crippen molar-refractivity contribution in [2.24, 2.45) is 15.7 Å². The third-order valence-corrected chi connectivity index (χ3v) is 7.34. The van der Waals surface area contributed by atoms with Crippen LogP contribution in [0.2, 0.25) is 0 Å². The van der Waals surface area contributed by atoms with Crippen LogP contribution in [0, 0.1) is 0 Å². The summed E-state index contributed by atoms with van der Waals surface area (Å²) in [4.78, 5) is 21.9. The number of carbonyl (C=O) groups excluding carboxylic acids is 1. The molecule has 224 valence electrons. The van der Waals surface area contributed by atoms with Gasteiger partial charge in [-0.1, -0.05) is 85.4 Å². The lowest BCUT2D eigenvalue weighted by atomic mass is 10.1. The Balaban J connectivity index is 1.20. The van der Waals surface area contributed by atoms with E-state index in [1.807, 2.05) is 42.5 Å². The number of rotatable bonds is 10. The maximum Gasteiger partial charge on any atom is 0.255 e. The lowest BCUT2D eigenvalue weighted by Crippen LogP contribution is -2.39. The number of carbonyl (C=O) groups is 1. The summed E-state index contributed by atoms with van der Waals surface area (Å²) in [6.45, 7) is 5.20. The van der Waals surface area contributed by atoms with E-state index < -0.39 is 0 Å². The first-order valence-corrected chi connectivity index (χ1v) is 14.6. The van der Waals surface area contributed by atoms with Crippen molar-refractivity contribution in [1.29, 1.82) is 0 Å². The second kappa shape index (κ2) is 14.6. The predicted octanol–water partition coefficient (Wildman–Crippen LogP) is 4.34. The number of aliphatic imine (C=N–C) groups is 2. The molecule has 0 heterocycles. The van der Waals surface area contributed by atoms with E-state index in [1.165, 1.54) is 16.7 Å². The zero-order valence-electron chi connectivity index (χ0n) is 24.6. The van der Waals surface area contributed by atoms with Crippen LogP contribution in [0.4, 0.5) is 11.4 Å². The number of fused-ring (bicyclic) bond motifs is 1. The molecule has 0 atom stereocenters. The number of benzene rings is 4. The molecule has 0 aliphatic heterocycles. The Labute approximate surface area is 258 Å². The summed E-state index contributed by atoms with van der Waals surface area (Å²) >= 11 is 0. The molecule has 5 rings (SSSR count). The number of nitrogen functional groups attached to an aromatic ring is 1. The van der Waals surface area contributed by atoms with Gasteiger partial charge in [0.2, 0.25) is 5.96 Å². The van der Waals surface area contributed by atoms with Gasteiger partial charge in [0.25, 0.3) is 5.91 Å². The van der Waals surface area contributed by atoms with Gasteiger partial charge in [0.15, 0.2) is 5.96 Å². The molecule has 9 heteroatoms. The number of nitrogens with zero attached hydrogens (tertiary/aromatic N) is 2. The molecule has 1 aliphatic rings. The zero-order chi connectivity index (χ0) is 30.7. The van der Waals surface area contributed by atoms with Crippen LogP contribution in [0.15, 0.2) is 126 Å². The van der Waals surface area contributed by atoms with Gasteiger partial charge in [-0.25, -0.2) is 0 Å². The van der Waals surface area contributed by atoms with E-state index in [0.29, 0.717) is 41.8 Å². The van der Waals surface area contributed by atoms with Crippen LogP contribution in [-0.4, -0.2) is 30.4 Å². The number of nitrogens with two attached hydrogens (primary N) is 2. The second-order valence-corrected chi connectivity index (χ2v) is 10.7. The number of para-hydroxylation sites is 2. The molecule has 0 unspecified atom stereocenters. The number of guanidine groups is 2. The molecule has 0 spiro atoms. The monoisotopic (exact) mass is 586 g/mol. The fraction of sp³-hybridized carbons (Fsp3) is 0.171. The van der Waals surface area contributed by atoms with Gasteiger partial charge in [-0.05, 0) is 65.8 Å². The van der Waals surface area contributed by atoms with Crippen LogP contribution < -0.4 is 32.7 Å². The van der Waals surface area contributed by atoms with E-state index in [4.69, 9.17) is 11.5 Å². The first-order chi connectivity index (χ1) is 21.4. The molecule has 8 N–H and O–H groups in total. The summed E-state index contributed by atoms with van der Waals surface area (Å²) in [5, 5.41) is 12.7. The van der Waals surface area contributed by atoms with Gasteiger partial charge in [0, 0.05) is 24.7 Å². The van der Waals surface area contributed by atoms with Crippen molar-refractivity contribution in [3.05, 3.63) is 143 Å². The summed E-state index contributed by atoms with van der Waals surface area (Å²) in [5.41, 5.74) is 18.7. The zero-order valence-corrected chi connectivity index (χ0v) is 24.6. The third-order valence-electron chi connectivity index (χ3n) is 7.34. The number of nitrogens with one attached hydrogen (secondary N) is 4. The number of anilines is 2. The highest BCUT2D eigenvalue weighted by Gasteiger charge is 2.22. The van der Waals surface area contributed by atoms with Crippen LogP contribution in [0.5, 0.6) is 0 Å². The SMILES string of the molecule is C=C(/N=C(\N=C(/N)NCc1ccc(C(=O)Nc2ccccc2N)cc1)NC1Cc2ccccc2C1)NCCc1ccccc1. The van der Waals surface area contributed by atoms with Crippen LogP contribution in [0.3, 0.4) is 0 Å². The maximum atomic E-state index is 12.7. The Hall–Kier alpha value is -5.57. The summed E-state index contributed by atoms with van der Waals surface area (Å²) in [6.07, 6.45) is 2.61. The lowest BCUT2D eigenvalue weighted by molar-refractivity contribution is 0.102. The van der Waals surface area contributed by atoms with E-state index in [1.54, 1.807) is 24.3 Å². The van der Waals surface area contributed by atoms with Crippen molar-refractivity contribution in [1.82, 2.24) is 16.0 Å². The first kappa shape index (κ1) is 29.9. The normalized spacial score (nSPS) is 13.2. The van der Waals surface area contributed by atoms with Crippen molar-refractivity contribution < 1.29 is 4.79 Å². The molecular weight excluding hydrogens is 548 g/mol. The van der Waals surface area contributed by atoms with Crippen LogP contribution in [0.1, 0.15) is 32.6 Å². The summed E-state index contributed by atoms with van der Waals surface area (Å²) in [7, 11) is 0. The molecular formula is C35H38N8O. The molecule has 9 nitrogen and oxygen atoms in total. The molecule has 4 aromatic carbocycles. The highest BCUT2D eigenvalue weighted by atomic mass is 16.1. The van der Waals surface area contributed by atoms with E-state index >= 15 is 0 Å². The summed E-state index contributed by atoms with van der Waals surface area (Å²) in [5.74, 6) is 0.867. The first-order valence-electron chi connectivity index (χ1n) is 14.6. The van der Waals surface area contributed by atoms with Crippen molar-refractivity contribution in [2.45, 2.75) is 31.8 Å². The minimum atomic E-state index is -0.234. The number of hydrogen-bond acceptors (Lipinski definition) is 4. The minimum absolute atomic E-state index is 0.143. The van der Waals surface area contributed by atoms with Crippen molar-refractivity contribution in [3.8, 4) is 0 Å². The molecule has 44 heavy (non-hydrogen) atoms. The molecule has 0 saturated carbocycles. The van der Waals surface area contributed by atoms with Crippen LogP contribution >= 0.6 is 0 Å². The molecule has 1 amide bonds. The molecule has 0 aromatic heterocycles. The van der Waals surface area contributed by atoms with E-state index in [-0.39, 0.29) is 17.9 Å². The van der Waals surface area contributed by atoms with Gasteiger partial charge in [0.05, 0.1) is 11.4 Å². The topological polar surface area (TPSA) is 142 Å². The van der Waals surface area contributed by atoms with Crippen LogP contribution in [-0.2, 0) is 25.8 Å². The van der Waals surface area contributed by atoms with Gasteiger partial charge in [0.1, 0.15) is 5.82 Å². The molecule has 0 radical (unpaired) electrons. The summed E-state index contributed by atoms with van der Waals surface area (Å²) in [6, 6.07) is 33.2. The standard InChI is InChI=1S/C35H38N8O/c1-24(38-20-19-25-9-3-2-4-10-25)40-35(41-30-21-28-11-5-6-12-29(28)22-30)43-34(37)39-23-26-15-17-27(18-16-26)33(44)42-32-14-8-7-13-31(32)36/h2-18,30,38H,1,19-23,36H2,(H,42,44)(H4,37,39,40,41,43). The highest BCUT2D eigenvalue weighted by molar-refractivity contribution is 6.05. The summed E-state index contributed by atoms with van der Waals surface area (Å²) < 4.78 is 0. The lowest BCUT2D eigenvalue weighted by Gasteiger charge is -2.15. The van der Waals surface area contributed by atoms with Gasteiger partial charge < -0.3 is 32.7 Å². The molecule has 0 saturated heterocycles. The fourth-order valence-electron chi connectivity index (χ4n) is 5.02. The molecule has 0 bridgehead atoms. The number of amides is 1. The smallest absolute Gasteiger partial charge is 0.255 e. The average Bonchev–Trinajstić information content (AvgIpc) is 3.44. The van der Waals surface area contributed by atoms with E-state index in [9.17, 15) is 4.79 Å². The van der Waals surface area contributed by atoms with Crippen molar-refractivity contribution in [2.75, 3.05) is 17.6 Å². The average molecular weight is 587 g/mol. The quantitative estimate of drug-likeness (QED) is 0.0928. The van der Waals surface area contributed by atoms with Gasteiger partial charge in [-0.15, -0.1) is 0 Å². The van der Waals surface area contributed by atoms with Crippen molar-refractivity contribution >= 4 is 29.2 Å². The van der Waals surface area contributed by atoms with Crippen molar-refractivity contribution in [3.63, 3.8) is 0 Å². The van der Waals surface area contributed by atoms with Crippen LogP contribution in [0.25, 0.3) is 0 Å².